The first-order valence-corrected chi connectivity index (χ1v) is 8.10. The topological polar surface area (TPSA) is 79.2 Å². The Hall–Kier alpha value is -2.04. The maximum absolute atomic E-state index is 12.3. The van der Waals surface area contributed by atoms with Crippen LogP contribution in [0.3, 0.4) is 0 Å². The number of hydrogen-bond acceptors (Lipinski definition) is 4. The summed E-state index contributed by atoms with van der Waals surface area (Å²) in [5.74, 6) is 0.521. The number of methoxy groups -OCH3 is 1. The Morgan fingerprint density at radius 3 is 2.67 bits per heavy atom. The summed E-state index contributed by atoms with van der Waals surface area (Å²) in [6, 6.07) is 12.6. The van der Waals surface area contributed by atoms with Gasteiger partial charge in [-0.05, 0) is 30.3 Å². The molecule has 0 aromatic heterocycles. The molecule has 0 radical (unpaired) electrons. The van der Waals surface area contributed by atoms with Crippen molar-refractivity contribution in [2.45, 2.75) is 4.90 Å². The average molecular weight is 367 g/mol. The van der Waals surface area contributed by atoms with Crippen molar-refractivity contribution in [2.24, 2.45) is 0 Å². The third-order valence-corrected chi connectivity index (χ3v) is 4.47. The van der Waals surface area contributed by atoms with Crippen molar-refractivity contribution in [1.29, 1.82) is 5.26 Å². The molecular weight excluding hydrogens is 356 g/mol. The van der Waals surface area contributed by atoms with Gasteiger partial charge in [0.15, 0.2) is 0 Å². The van der Waals surface area contributed by atoms with Gasteiger partial charge in [-0.25, -0.2) is 8.42 Å². The smallest absolute Gasteiger partial charge is 0.261 e. The van der Waals surface area contributed by atoms with Gasteiger partial charge in [-0.3, -0.25) is 4.72 Å². The van der Waals surface area contributed by atoms with Crippen LogP contribution in [0.15, 0.2) is 51.8 Å². The molecule has 0 atom stereocenters. The number of nitrogens with zero attached hydrogens (tertiary/aromatic N) is 1. The van der Waals surface area contributed by atoms with E-state index in [1.807, 2.05) is 6.07 Å². The Bertz CT molecular complexity index is 813. The highest BCUT2D eigenvalue weighted by atomic mass is 79.9. The fourth-order valence-corrected chi connectivity index (χ4v) is 3.24. The fraction of sp³-hybridized carbons (Fsp3) is 0.0714. The highest BCUT2D eigenvalue weighted by molar-refractivity contribution is 9.10. The van der Waals surface area contributed by atoms with Crippen LogP contribution in [-0.2, 0) is 10.0 Å². The molecule has 0 aliphatic carbocycles. The van der Waals surface area contributed by atoms with E-state index in [0.29, 0.717) is 15.9 Å². The Morgan fingerprint density at radius 2 is 2.00 bits per heavy atom. The molecule has 0 saturated heterocycles. The predicted molar refractivity (Wildman–Crippen MR) is 82.7 cm³/mol. The summed E-state index contributed by atoms with van der Waals surface area (Å²) < 4.78 is 32.8. The van der Waals surface area contributed by atoms with Crippen molar-refractivity contribution in [3.8, 4) is 11.8 Å². The molecule has 21 heavy (non-hydrogen) atoms. The van der Waals surface area contributed by atoms with Crippen LogP contribution >= 0.6 is 15.9 Å². The summed E-state index contributed by atoms with van der Waals surface area (Å²) in [6.45, 7) is 0. The van der Waals surface area contributed by atoms with E-state index < -0.39 is 10.0 Å². The van der Waals surface area contributed by atoms with Crippen LogP contribution in [0.5, 0.6) is 5.75 Å². The maximum atomic E-state index is 12.3. The number of anilines is 1. The van der Waals surface area contributed by atoms with Crippen LogP contribution in [0.4, 0.5) is 5.69 Å². The molecule has 0 heterocycles. The van der Waals surface area contributed by atoms with Crippen LogP contribution in [-0.4, -0.2) is 15.5 Å². The van der Waals surface area contributed by atoms with Crippen molar-refractivity contribution < 1.29 is 13.2 Å². The molecule has 0 fully saturated rings. The molecule has 0 unspecified atom stereocenters. The molecule has 2 rings (SSSR count). The fourth-order valence-electron chi connectivity index (χ4n) is 1.69. The summed E-state index contributed by atoms with van der Waals surface area (Å²) in [5, 5.41) is 8.83. The first-order valence-electron chi connectivity index (χ1n) is 5.82. The lowest BCUT2D eigenvalue weighted by Gasteiger charge is -2.10. The van der Waals surface area contributed by atoms with E-state index in [1.54, 1.807) is 24.3 Å². The molecule has 2 aromatic rings. The number of ether oxygens (including phenoxy) is 1. The minimum Gasteiger partial charge on any atom is -0.497 e. The van der Waals surface area contributed by atoms with Gasteiger partial charge in [0.1, 0.15) is 5.75 Å². The van der Waals surface area contributed by atoms with Gasteiger partial charge in [-0.2, -0.15) is 5.26 Å². The van der Waals surface area contributed by atoms with Crippen molar-refractivity contribution >= 4 is 31.6 Å². The SMILES string of the molecule is COc1cc(Br)cc(NS(=O)(=O)c2cccc(C#N)c2)c1. The van der Waals surface area contributed by atoms with Gasteiger partial charge in [-0.15, -0.1) is 0 Å². The molecule has 0 saturated carbocycles. The van der Waals surface area contributed by atoms with Crippen LogP contribution in [0, 0.1) is 11.3 Å². The zero-order valence-electron chi connectivity index (χ0n) is 11.0. The second-order valence-corrected chi connectivity index (χ2v) is 6.72. The van der Waals surface area contributed by atoms with E-state index in [0.717, 1.165) is 0 Å². The molecule has 7 heteroatoms. The molecule has 0 bridgehead atoms. The average Bonchev–Trinajstić information content (AvgIpc) is 2.46. The lowest BCUT2D eigenvalue weighted by atomic mass is 10.2. The van der Waals surface area contributed by atoms with E-state index in [-0.39, 0.29) is 10.5 Å². The third kappa shape index (κ3) is 3.74. The van der Waals surface area contributed by atoms with Gasteiger partial charge in [0.25, 0.3) is 10.0 Å². The molecule has 108 valence electrons. The van der Waals surface area contributed by atoms with Crippen molar-refractivity contribution in [3.05, 3.63) is 52.5 Å². The van der Waals surface area contributed by atoms with Gasteiger partial charge in [0.2, 0.25) is 0 Å². The summed E-state index contributed by atoms with van der Waals surface area (Å²) in [6.07, 6.45) is 0. The van der Waals surface area contributed by atoms with Gasteiger partial charge in [0, 0.05) is 10.5 Å². The van der Waals surface area contributed by atoms with Gasteiger partial charge in [0.05, 0.1) is 29.3 Å². The molecule has 0 aliphatic rings. The van der Waals surface area contributed by atoms with Crippen LogP contribution in [0.25, 0.3) is 0 Å². The predicted octanol–water partition coefficient (Wildman–Crippen LogP) is 3.13. The molecule has 0 amide bonds. The second kappa shape index (κ2) is 6.16. The quantitative estimate of drug-likeness (QED) is 0.901. The van der Waals surface area contributed by atoms with E-state index in [9.17, 15) is 8.42 Å². The van der Waals surface area contributed by atoms with E-state index >= 15 is 0 Å². The Morgan fingerprint density at radius 1 is 1.24 bits per heavy atom. The van der Waals surface area contributed by atoms with E-state index in [2.05, 4.69) is 20.7 Å². The lowest BCUT2D eigenvalue weighted by Crippen LogP contribution is -2.13. The minimum atomic E-state index is -3.77. The summed E-state index contributed by atoms with van der Waals surface area (Å²) in [7, 11) is -2.27. The minimum absolute atomic E-state index is 0.0282. The van der Waals surface area contributed by atoms with Crippen molar-refractivity contribution in [1.82, 2.24) is 0 Å². The number of hydrogen-bond donors (Lipinski definition) is 1. The Balaban J connectivity index is 2.37. The van der Waals surface area contributed by atoms with Gasteiger partial charge in [-0.1, -0.05) is 22.0 Å². The highest BCUT2D eigenvalue weighted by Gasteiger charge is 2.15. The summed E-state index contributed by atoms with van der Waals surface area (Å²) in [5.41, 5.74) is 0.647. The van der Waals surface area contributed by atoms with E-state index in [1.165, 1.54) is 25.3 Å². The number of halogens is 1. The van der Waals surface area contributed by atoms with Crippen molar-refractivity contribution in [2.75, 3.05) is 11.8 Å². The monoisotopic (exact) mass is 366 g/mol. The summed E-state index contributed by atoms with van der Waals surface area (Å²) in [4.78, 5) is 0.0282. The second-order valence-electron chi connectivity index (χ2n) is 4.12. The number of sulfonamides is 1. The normalized spacial score (nSPS) is 10.7. The number of rotatable bonds is 4. The van der Waals surface area contributed by atoms with Gasteiger partial charge >= 0.3 is 0 Å². The molecule has 5 nitrogen and oxygen atoms in total. The Labute approximate surface area is 131 Å². The van der Waals surface area contributed by atoms with Crippen LogP contribution < -0.4 is 9.46 Å². The van der Waals surface area contributed by atoms with Gasteiger partial charge < -0.3 is 4.74 Å². The van der Waals surface area contributed by atoms with Crippen LogP contribution in [0.2, 0.25) is 0 Å². The molecule has 2 aromatic carbocycles. The Kier molecular flexibility index (Phi) is 4.50. The van der Waals surface area contributed by atoms with E-state index in [4.69, 9.17) is 10.00 Å². The number of nitriles is 1. The molecule has 0 spiro atoms. The molecule has 0 aliphatic heterocycles. The standard InChI is InChI=1S/C14H11BrN2O3S/c1-20-13-7-11(15)6-12(8-13)17-21(18,19)14-4-2-3-10(5-14)9-16/h2-8,17H,1H3. The largest absolute Gasteiger partial charge is 0.497 e. The first kappa shape index (κ1) is 15.4. The first-order chi connectivity index (χ1) is 9.94. The third-order valence-electron chi connectivity index (χ3n) is 2.63. The zero-order valence-corrected chi connectivity index (χ0v) is 13.4. The zero-order chi connectivity index (χ0) is 15.5. The number of nitrogens with one attached hydrogen (secondary N) is 1. The lowest BCUT2D eigenvalue weighted by molar-refractivity contribution is 0.415. The molecular formula is C14H11BrN2O3S. The molecule has 1 N–H and O–H groups in total. The maximum Gasteiger partial charge on any atom is 0.261 e. The highest BCUT2D eigenvalue weighted by Crippen LogP contribution is 2.26. The number of benzene rings is 2. The van der Waals surface area contributed by atoms with Crippen molar-refractivity contribution in [3.63, 3.8) is 0 Å². The van der Waals surface area contributed by atoms with Crippen LogP contribution in [0.1, 0.15) is 5.56 Å². The summed E-state index contributed by atoms with van der Waals surface area (Å²) >= 11 is 3.28.